The molecular formula is C11H22S. The number of hydrogen-bond acceptors (Lipinski definition) is 0. The highest BCUT2D eigenvalue weighted by atomic mass is 32.2. The van der Waals surface area contributed by atoms with Crippen molar-refractivity contribution >= 4 is 16.4 Å². The molecule has 0 saturated heterocycles. The second kappa shape index (κ2) is 3.95. The van der Waals surface area contributed by atoms with Crippen molar-refractivity contribution in [1.82, 2.24) is 0 Å². The van der Waals surface area contributed by atoms with Crippen LogP contribution in [-0.4, -0.2) is 16.4 Å². The molecule has 1 heteroatoms. The Labute approximate surface area is 79.7 Å². The van der Waals surface area contributed by atoms with E-state index in [4.69, 9.17) is 0 Å². The minimum Gasteiger partial charge on any atom is -0.187 e. The summed E-state index contributed by atoms with van der Waals surface area (Å²) in [5.74, 6) is 6.51. The Morgan fingerprint density at radius 3 is 2.25 bits per heavy atom. The molecule has 1 aliphatic carbocycles. The topological polar surface area (TPSA) is 0 Å². The molecule has 0 spiro atoms. The molecule has 0 heterocycles. The molecule has 1 unspecified atom stereocenters. The van der Waals surface area contributed by atoms with Gasteiger partial charge in [0.15, 0.2) is 0 Å². The van der Waals surface area contributed by atoms with E-state index < -0.39 is 0 Å². The number of hydrogen-bond donors (Lipinski definition) is 0. The molecule has 0 radical (unpaired) electrons. The van der Waals surface area contributed by atoms with Gasteiger partial charge in [0.25, 0.3) is 0 Å². The first-order chi connectivity index (χ1) is 5.54. The van der Waals surface area contributed by atoms with Crippen LogP contribution in [0.2, 0.25) is 0 Å². The maximum Gasteiger partial charge on any atom is 0.00767 e. The van der Waals surface area contributed by atoms with Gasteiger partial charge in [-0.2, -0.15) is 10.5 Å². The third-order valence-electron chi connectivity index (χ3n) is 2.89. The zero-order valence-electron chi connectivity index (χ0n) is 8.73. The maximum atomic E-state index is 4.36. The summed E-state index contributed by atoms with van der Waals surface area (Å²) in [6, 6.07) is 0. The van der Waals surface area contributed by atoms with E-state index in [2.05, 4.69) is 26.6 Å². The molecule has 0 aromatic carbocycles. The van der Waals surface area contributed by atoms with Crippen molar-refractivity contribution in [2.45, 2.75) is 51.2 Å². The van der Waals surface area contributed by atoms with Gasteiger partial charge in [0.05, 0.1) is 0 Å². The molecule has 0 nitrogen and oxygen atoms in total. The lowest BCUT2D eigenvalue weighted by Gasteiger charge is -2.29. The van der Waals surface area contributed by atoms with Gasteiger partial charge in [-0.15, -0.1) is 0 Å². The zero-order valence-corrected chi connectivity index (χ0v) is 9.54. The van der Waals surface area contributed by atoms with Crippen molar-refractivity contribution < 1.29 is 0 Å². The van der Waals surface area contributed by atoms with E-state index >= 15 is 0 Å². The van der Waals surface area contributed by atoms with Crippen LogP contribution in [-0.2, 0) is 0 Å². The Balaban J connectivity index is 2.50. The molecule has 1 rings (SSSR count). The van der Waals surface area contributed by atoms with E-state index in [1.54, 1.807) is 0 Å². The summed E-state index contributed by atoms with van der Waals surface area (Å²) in [6.07, 6.45) is 5.72. The van der Waals surface area contributed by atoms with Gasteiger partial charge in [0, 0.05) is 4.75 Å². The highest BCUT2D eigenvalue weighted by Gasteiger charge is 2.30. The first-order valence-electron chi connectivity index (χ1n) is 5.05. The second-order valence-electron chi connectivity index (χ2n) is 4.71. The predicted octanol–water partition coefficient (Wildman–Crippen LogP) is 3.68. The molecule has 0 aliphatic heterocycles. The van der Waals surface area contributed by atoms with Crippen LogP contribution in [0, 0.1) is 5.92 Å². The van der Waals surface area contributed by atoms with Crippen molar-refractivity contribution in [2.24, 2.45) is 5.92 Å². The lowest BCUT2D eigenvalue weighted by molar-refractivity contribution is 0.660. The van der Waals surface area contributed by atoms with E-state index in [0.29, 0.717) is 15.2 Å². The minimum absolute atomic E-state index is 0.409. The van der Waals surface area contributed by atoms with E-state index in [0.717, 1.165) is 5.92 Å². The van der Waals surface area contributed by atoms with Crippen molar-refractivity contribution in [3.05, 3.63) is 0 Å². The summed E-state index contributed by atoms with van der Waals surface area (Å²) in [5.41, 5.74) is 0. The SMILES string of the molecule is C=S(CC(C)C)C1(C)CCCC1. The fourth-order valence-corrected chi connectivity index (χ4v) is 4.09. The molecule has 1 saturated carbocycles. The molecule has 0 N–H and O–H groups in total. The Bertz CT molecular complexity index is 164. The van der Waals surface area contributed by atoms with E-state index in [9.17, 15) is 0 Å². The lowest BCUT2D eigenvalue weighted by Crippen LogP contribution is -2.19. The molecule has 0 bridgehead atoms. The largest absolute Gasteiger partial charge is 0.187 e. The predicted molar refractivity (Wildman–Crippen MR) is 61.3 cm³/mol. The van der Waals surface area contributed by atoms with Crippen LogP contribution in [0.15, 0.2) is 0 Å². The van der Waals surface area contributed by atoms with Crippen LogP contribution in [0.5, 0.6) is 0 Å². The Hall–Kier alpha value is 0.220. The summed E-state index contributed by atoms with van der Waals surface area (Å²) in [6.45, 7) is 7.06. The lowest BCUT2D eigenvalue weighted by atomic mass is 10.1. The Morgan fingerprint density at radius 2 is 1.83 bits per heavy atom. The van der Waals surface area contributed by atoms with Crippen LogP contribution in [0.25, 0.3) is 0 Å². The second-order valence-corrected chi connectivity index (χ2v) is 7.01. The summed E-state index contributed by atoms with van der Waals surface area (Å²) >= 11 is 0. The van der Waals surface area contributed by atoms with Gasteiger partial charge in [-0.25, -0.2) is 0 Å². The first-order valence-corrected chi connectivity index (χ1v) is 6.61. The summed E-state index contributed by atoms with van der Waals surface area (Å²) in [7, 11) is 0.409. The molecule has 0 aromatic rings. The molecule has 1 atom stereocenters. The summed E-state index contributed by atoms with van der Waals surface area (Å²) in [5, 5.41) is 0. The van der Waals surface area contributed by atoms with E-state index in [1.807, 2.05) is 0 Å². The molecular weight excluding hydrogens is 164 g/mol. The third-order valence-corrected chi connectivity index (χ3v) is 5.76. The van der Waals surface area contributed by atoms with Crippen molar-refractivity contribution in [2.75, 3.05) is 5.75 Å². The molecule has 72 valence electrons. The van der Waals surface area contributed by atoms with E-state index in [-0.39, 0.29) is 0 Å². The normalized spacial score (nSPS) is 24.7. The van der Waals surface area contributed by atoms with Crippen LogP contribution < -0.4 is 0 Å². The summed E-state index contributed by atoms with van der Waals surface area (Å²) in [4.78, 5) is 0. The van der Waals surface area contributed by atoms with Crippen molar-refractivity contribution in [3.63, 3.8) is 0 Å². The van der Waals surface area contributed by atoms with Crippen LogP contribution in [0.1, 0.15) is 46.5 Å². The fraction of sp³-hybridized carbons (Fsp3) is 0.909. The van der Waals surface area contributed by atoms with Gasteiger partial charge in [0.1, 0.15) is 0 Å². The zero-order chi connectivity index (χ0) is 9.19. The van der Waals surface area contributed by atoms with Gasteiger partial charge in [-0.05, 0) is 24.5 Å². The standard InChI is InChI=1S/C11H22S/c1-10(2)9-12(4)11(3)7-5-6-8-11/h10H,4-9H2,1-3H3. The third kappa shape index (κ3) is 2.35. The highest BCUT2D eigenvalue weighted by molar-refractivity contribution is 8.15. The minimum atomic E-state index is 0.409. The van der Waals surface area contributed by atoms with E-state index in [1.165, 1.54) is 31.4 Å². The molecule has 0 amide bonds. The fourth-order valence-electron chi connectivity index (χ4n) is 2.02. The monoisotopic (exact) mass is 186 g/mol. The first kappa shape index (κ1) is 10.3. The van der Waals surface area contributed by atoms with Gasteiger partial charge < -0.3 is 0 Å². The highest BCUT2D eigenvalue weighted by Crippen LogP contribution is 2.45. The Morgan fingerprint density at radius 1 is 1.33 bits per heavy atom. The molecule has 1 aliphatic rings. The van der Waals surface area contributed by atoms with Crippen LogP contribution >= 0.6 is 10.5 Å². The van der Waals surface area contributed by atoms with Crippen LogP contribution in [0.3, 0.4) is 0 Å². The molecule has 0 aromatic heterocycles. The van der Waals surface area contributed by atoms with Crippen LogP contribution in [0.4, 0.5) is 0 Å². The van der Waals surface area contributed by atoms with Gasteiger partial charge in [0.2, 0.25) is 0 Å². The van der Waals surface area contributed by atoms with Gasteiger partial charge >= 0.3 is 0 Å². The van der Waals surface area contributed by atoms with Crippen molar-refractivity contribution in [3.8, 4) is 0 Å². The molecule has 1 fully saturated rings. The maximum absolute atomic E-state index is 4.36. The average Bonchev–Trinajstić information content (AvgIpc) is 2.36. The average molecular weight is 186 g/mol. The van der Waals surface area contributed by atoms with Gasteiger partial charge in [-0.3, -0.25) is 0 Å². The smallest absolute Gasteiger partial charge is 0.00767 e. The summed E-state index contributed by atoms with van der Waals surface area (Å²) < 4.78 is 0.601. The van der Waals surface area contributed by atoms with Crippen molar-refractivity contribution in [1.29, 1.82) is 0 Å². The molecule has 12 heavy (non-hydrogen) atoms. The van der Waals surface area contributed by atoms with Gasteiger partial charge in [-0.1, -0.05) is 39.5 Å². The quantitative estimate of drug-likeness (QED) is 0.590. The number of rotatable bonds is 3. The Kier molecular flexibility index (Phi) is 3.39.